The first kappa shape index (κ1) is 18.6. The van der Waals surface area contributed by atoms with E-state index in [1.807, 2.05) is 30.3 Å². The van der Waals surface area contributed by atoms with Crippen LogP contribution < -0.4 is 0 Å². The van der Waals surface area contributed by atoms with Gasteiger partial charge in [-0.1, -0.05) is 84.0 Å². The second-order valence-electron chi connectivity index (χ2n) is 9.70. The minimum absolute atomic E-state index is 0.0236. The van der Waals surface area contributed by atoms with E-state index in [0.29, 0.717) is 5.75 Å². The average Bonchev–Trinajstić information content (AvgIpc) is 2.99. The second kappa shape index (κ2) is 6.13. The smallest absolute Gasteiger partial charge is 0.143 e. The zero-order chi connectivity index (χ0) is 20.3. The Morgan fingerprint density at radius 1 is 0.714 bits per heavy atom. The molecule has 1 aromatic heterocycles. The number of aromatic hydroxyl groups is 1. The number of phenols is 1. The molecule has 4 rings (SSSR count). The van der Waals surface area contributed by atoms with Crippen molar-refractivity contribution in [1.29, 1.82) is 0 Å². The van der Waals surface area contributed by atoms with Crippen LogP contribution in [0.15, 0.2) is 59.0 Å². The van der Waals surface area contributed by atoms with Gasteiger partial charge in [0.05, 0.1) is 0 Å². The third kappa shape index (κ3) is 2.97. The molecule has 0 aliphatic rings. The van der Waals surface area contributed by atoms with Crippen molar-refractivity contribution in [2.75, 3.05) is 0 Å². The molecule has 0 amide bonds. The molecular weight excluding hydrogens is 344 g/mol. The van der Waals surface area contributed by atoms with Crippen LogP contribution in [0.5, 0.6) is 5.75 Å². The standard InChI is InChI=1S/C26H28O2/c1-25(2,3)16-14-20(23(27)21(15-16)26(4,5)6)19-12-9-11-18-17-10-7-8-13-22(17)28-24(18)19/h7-15,27H,1-6H3. The highest BCUT2D eigenvalue weighted by Crippen LogP contribution is 2.45. The number of furan rings is 1. The first-order valence-electron chi connectivity index (χ1n) is 9.86. The predicted molar refractivity (Wildman–Crippen MR) is 118 cm³/mol. The molecule has 0 atom stereocenters. The summed E-state index contributed by atoms with van der Waals surface area (Å²) in [6, 6.07) is 18.5. The summed E-state index contributed by atoms with van der Waals surface area (Å²) in [6.07, 6.45) is 0. The van der Waals surface area contributed by atoms with Crippen molar-refractivity contribution >= 4 is 21.9 Å². The molecule has 0 radical (unpaired) electrons. The maximum atomic E-state index is 11.3. The number of hydrogen-bond acceptors (Lipinski definition) is 2. The Morgan fingerprint density at radius 3 is 2.07 bits per heavy atom. The molecule has 2 nitrogen and oxygen atoms in total. The number of rotatable bonds is 1. The number of benzene rings is 3. The molecule has 0 aliphatic heterocycles. The molecule has 0 saturated carbocycles. The Hall–Kier alpha value is -2.74. The van der Waals surface area contributed by atoms with Gasteiger partial charge in [0.25, 0.3) is 0 Å². The summed E-state index contributed by atoms with van der Waals surface area (Å²) in [5.74, 6) is 0.341. The van der Waals surface area contributed by atoms with Crippen LogP contribution >= 0.6 is 0 Å². The Morgan fingerprint density at radius 2 is 1.39 bits per heavy atom. The lowest BCUT2D eigenvalue weighted by molar-refractivity contribution is 0.446. The van der Waals surface area contributed by atoms with Crippen molar-refractivity contribution in [3.05, 3.63) is 65.7 Å². The van der Waals surface area contributed by atoms with Crippen LogP contribution in [-0.4, -0.2) is 5.11 Å². The normalized spacial score (nSPS) is 12.8. The summed E-state index contributed by atoms with van der Waals surface area (Å²) in [4.78, 5) is 0. The van der Waals surface area contributed by atoms with E-state index < -0.39 is 0 Å². The summed E-state index contributed by atoms with van der Waals surface area (Å²) in [5, 5.41) is 13.4. The Bertz CT molecular complexity index is 1180. The molecule has 0 bridgehead atoms. The first-order chi connectivity index (χ1) is 13.1. The van der Waals surface area contributed by atoms with Crippen LogP contribution in [-0.2, 0) is 10.8 Å². The Labute approximate surface area is 166 Å². The molecule has 0 spiro atoms. The van der Waals surface area contributed by atoms with Gasteiger partial charge >= 0.3 is 0 Å². The fourth-order valence-electron chi connectivity index (χ4n) is 3.80. The average molecular weight is 373 g/mol. The van der Waals surface area contributed by atoms with Gasteiger partial charge in [-0.2, -0.15) is 0 Å². The maximum Gasteiger partial charge on any atom is 0.143 e. The molecule has 2 heteroatoms. The summed E-state index contributed by atoms with van der Waals surface area (Å²) < 4.78 is 6.23. The number of para-hydroxylation sites is 2. The lowest BCUT2D eigenvalue weighted by Gasteiger charge is -2.27. The van der Waals surface area contributed by atoms with Gasteiger partial charge in [-0.3, -0.25) is 0 Å². The highest BCUT2D eigenvalue weighted by molar-refractivity contribution is 6.10. The van der Waals surface area contributed by atoms with Gasteiger partial charge in [0, 0.05) is 27.5 Å². The molecule has 144 valence electrons. The molecule has 0 fully saturated rings. The molecule has 0 aliphatic carbocycles. The van der Waals surface area contributed by atoms with Crippen molar-refractivity contribution in [2.45, 2.75) is 52.4 Å². The Kier molecular flexibility index (Phi) is 4.08. The number of phenolic OH excluding ortho intramolecular Hbond substituents is 1. The fourth-order valence-corrected chi connectivity index (χ4v) is 3.80. The van der Waals surface area contributed by atoms with Gasteiger partial charge in [0.1, 0.15) is 16.9 Å². The van der Waals surface area contributed by atoms with Gasteiger partial charge in [0.15, 0.2) is 0 Å². The minimum atomic E-state index is -0.165. The largest absolute Gasteiger partial charge is 0.507 e. The SMILES string of the molecule is CC(C)(C)c1cc(-c2cccc3c2oc2ccccc23)c(O)c(C(C)(C)C)c1. The van der Waals surface area contributed by atoms with E-state index in [1.165, 1.54) is 5.56 Å². The zero-order valence-corrected chi connectivity index (χ0v) is 17.6. The van der Waals surface area contributed by atoms with Crippen LogP contribution in [0.1, 0.15) is 52.7 Å². The lowest BCUT2D eigenvalue weighted by atomic mass is 9.78. The van der Waals surface area contributed by atoms with E-state index in [1.54, 1.807) is 0 Å². The molecule has 1 N–H and O–H groups in total. The van der Waals surface area contributed by atoms with Crippen LogP contribution in [0.25, 0.3) is 33.1 Å². The second-order valence-corrected chi connectivity index (χ2v) is 9.70. The minimum Gasteiger partial charge on any atom is -0.507 e. The first-order valence-corrected chi connectivity index (χ1v) is 9.86. The van der Waals surface area contributed by atoms with E-state index in [4.69, 9.17) is 4.42 Å². The van der Waals surface area contributed by atoms with Gasteiger partial charge < -0.3 is 9.52 Å². The number of hydrogen-bond donors (Lipinski definition) is 1. The highest BCUT2D eigenvalue weighted by Gasteiger charge is 2.26. The molecule has 4 aromatic rings. The molecular formula is C26H28O2. The van der Waals surface area contributed by atoms with Crippen molar-refractivity contribution in [1.82, 2.24) is 0 Å². The van der Waals surface area contributed by atoms with Gasteiger partial charge in [-0.25, -0.2) is 0 Å². The third-order valence-corrected chi connectivity index (χ3v) is 5.48. The third-order valence-electron chi connectivity index (χ3n) is 5.48. The topological polar surface area (TPSA) is 33.4 Å². The molecule has 1 heterocycles. The van der Waals surface area contributed by atoms with Crippen molar-refractivity contribution in [3.63, 3.8) is 0 Å². The summed E-state index contributed by atoms with van der Waals surface area (Å²) in [6.45, 7) is 13.0. The van der Waals surface area contributed by atoms with E-state index >= 15 is 0 Å². The maximum absolute atomic E-state index is 11.3. The van der Waals surface area contributed by atoms with Crippen LogP contribution in [0.3, 0.4) is 0 Å². The molecule has 3 aromatic carbocycles. The molecule has 0 saturated heterocycles. The predicted octanol–water partition coefficient (Wildman–Crippen LogP) is 7.55. The van der Waals surface area contributed by atoms with Gasteiger partial charge in [0.2, 0.25) is 0 Å². The van der Waals surface area contributed by atoms with Crippen LogP contribution in [0, 0.1) is 0 Å². The fraction of sp³-hybridized carbons (Fsp3) is 0.308. The van der Waals surface area contributed by atoms with E-state index in [0.717, 1.165) is 38.6 Å². The lowest BCUT2D eigenvalue weighted by Crippen LogP contribution is -2.17. The van der Waals surface area contributed by atoms with E-state index in [-0.39, 0.29) is 10.8 Å². The molecule has 0 unspecified atom stereocenters. The Balaban J connectivity index is 2.09. The van der Waals surface area contributed by atoms with Crippen LogP contribution in [0.2, 0.25) is 0 Å². The van der Waals surface area contributed by atoms with Gasteiger partial charge in [-0.05, 0) is 28.5 Å². The summed E-state index contributed by atoms with van der Waals surface area (Å²) in [5.41, 5.74) is 5.44. The van der Waals surface area contributed by atoms with E-state index in [2.05, 4.69) is 65.8 Å². The molecule has 28 heavy (non-hydrogen) atoms. The number of fused-ring (bicyclic) bond motifs is 3. The zero-order valence-electron chi connectivity index (χ0n) is 17.6. The van der Waals surface area contributed by atoms with Gasteiger partial charge in [-0.15, -0.1) is 0 Å². The highest BCUT2D eigenvalue weighted by atomic mass is 16.3. The van der Waals surface area contributed by atoms with Crippen molar-refractivity contribution in [3.8, 4) is 16.9 Å². The van der Waals surface area contributed by atoms with Crippen molar-refractivity contribution in [2.24, 2.45) is 0 Å². The summed E-state index contributed by atoms with van der Waals surface area (Å²) >= 11 is 0. The summed E-state index contributed by atoms with van der Waals surface area (Å²) in [7, 11) is 0. The van der Waals surface area contributed by atoms with E-state index in [9.17, 15) is 5.11 Å². The monoisotopic (exact) mass is 372 g/mol. The van der Waals surface area contributed by atoms with Crippen LogP contribution in [0.4, 0.5) is 0 Å². The van der Waals surface area contributed by atoms with Crippen molar-refractivity contribution < 1.29 is 9.52 Å². The quantitative estimate of drug-likeness (QED) is 0.374.